The van der Waals surface area contributed by atoms with Crippen molar-refractivity contribution in [2.75, 3.05) is 18.5 Å². The van der Waals surface area contributed by atoms with Crippen molar-refractivity contribution in [3.05, 3.63) is 21.0 Å². The van der Waals surface area contributed by atoms with Gasteiger partial charge in [-0.3, -0.25) is 4.79 Å². The highest BCUT2D eigenvalue weighted by atomic mass is 79.9. The molecule has 0 amide bonds. The minimum Gasteiger partial charge on any atom is -0.379 e. The van der Waals surface area contributed by atoms with Crippen LogP contribution in [0.2, 0.25) is 0 Å². The summed E-state index contributed by atoms with van der Waals surface area (Å²) in [6.45, 7) is 4.42. The summed E-state index contributed by atoms with van der Waals surface area (Å²) >= 11 is 3.43. The van der Waals surface area contributed by atoms with E-state index in [4.69, 9.17) is 4.74 Å². The summed E-state index contributed by atoms with van der Waals surface area (Å²) in [6, 6.07) is 0. The molecule has 21 heavy (non-hydrogen) atoms. The van der Waals surface area contributed by atoms with Crippen molar-refractivity contribution >= 4 is 21.6 Å². The fourth-order valence-corrected chi connectivity index (χ4v) is 3.36. The van der Waals surface area contributed by atoms with E-state index in [1.54, 1.807) is 10.9 Å². The molecule has 2 unspecified atom stereocenters. The number of nitrogens with zero attached hydrogens (tertiary/aromatic N) is 2. The van der Waals surface area contributed by atoms with Crippen LogP contribution < -0.4 is 10.9 Å². The van der Waals surface area contributed by atoms with Crippen LogP contribution >= 0.6 is 15.9 Å². The third-order valence-electron chi connectivity index (χ3n) is 4.73. The molecule has 6 heteroatoms. The van der Waals surface area contributed by atoms with Gasteiger partial charge in [-0.1, -0.05) is 6.42 Å². The lowest BCUT2D eigenvalue weighted by atomic mass is 9.85. The van der Waals surface area contributed by atoms with Crippen molar-refractivity contribution in [2.24, 2.45) is 11.8 Å². The molecule has 3 rings (SSSR count). The molecule has 1 aliphatic carbocycles. The van der Waals surface area contributed by atoms with Crippen molar-refractivity contribution in [3.63, 3.8) is 0 Å². The average Bonchev–Trinajstić information content (AvgIpc) is 2.81. The van der Waals surface area contributed by atoms with Gasteiger partial charge < -0.3 is 10.1 Å². The lowest BCUT2D eigenvalue weighted by Crippen LogP contribution is -2.32. The van der Waals surface area contributed by atoms with Gasteiger partial charge in [-0.05, 0) is 48.0 Å². The molecule has 0 radical (unpaired) electrons. The summed E-state index contributed by atoms with van der Waals surface area (Å²) in [6.07, 6.45) is 6.73. The van der Waals surface area contributed by atoms with Gasteiger partial charge in [0.25, 0.3) is 5.56 Å². The van der Waals surface area contributed by atoms with E-state index in [2.05, 4.69) is 33.3 Å². The van der Waals surface area contributed by atoms with Crippen LogP contribution in [0.3, 0.4) is 0 Å². The van der Waals surface area contributed by atoms with Gasteiger partial charge in [0.2, 0.25) is 0 Å². The second-order valence-electron chi connectivity index (χ2n) is 6.16. The summed E-state index contributed by atoms with van der Waals surface area (Å²) < 4.78 is 7.91. The zero-order valence-corrected chi connectivity index (χ0v) is 13.9. The quantitative estimate of drug-likeness (QED) is 0.881. The maximum Gasteiger partial charge on any atom is 0.291 e. The fourth-order valence-electron chi connectivity index (χ4n) is 2.96. The van der Waals surface area contributed by atoms with E-state index in [0.29, 0.717) is 17.5 Å². The predicted molar refractivity (Wildman–Crippen MR) is 85.5 cm³/mol. The van der Waals surface area contributed by atoms with Crippen LogP contribution in [0, 0.1) is 11.8 Å². The van der Waals surface area contributed by atoms with Crippen LogP contribution in [-0.4, -0.2) is 29.0 Å². The first-order valence-electron chi connectivity index (χ1n) is 7.76. The normalized spacial score (nSPS) is 25.8. The van der Waals surface area contributed by atoms with Gasteiger partial charge in [-0.2, -0.15) is 5.10 Å². The Morgan fingerprint density at radius 2 is 2.29 bits per heavy atom. The highest BCUT2D eigenvalue weighted by Gasteiger charge is 2.25. The second kappa shape index (κ2) is 6.48. The summed E-state index contributed by atoms with van der Waals surface area (Å²) in [5, 5.41) is 7.55. The van der Waals surface area contributed by atoms with E-state index >= 15 is 0 Å². The van der Waals surface area contributed by atoms with Crippen LogP contribution in [0.25, 0.3) is 0 Å². The standard InChI is InChI=1S/C15H22BrN3O2/c1-10-12(5-6-21-10)7-17-14-13(16)8-18-19(15(14)20)9-11-3-2-4-11/h8,10-12,17H,2-7,9H2,1H3. The molecule has 0 spiro atoms. The van der Waals surface area contributed by atoms with Crippen molar-refractivity contribution in [1.29, 1.82) is 0 Å². The number of halogens is 1. The maximum atomic E-state index is 12.5. The lowest BCUT2D eigenvalue weighted by Gasteiger charge is -2.25. The van der Waals surface area contributed by atoms with Crippen LogP contribution in [-0.2, 0) is 11.3 Å². The largest absolute Gasteiger partial charge is 0.379 e. The molecule has 5 nitrogen and oxygen atoms in total. The number of hydrogen-bond acceptors (Lipinski definition) is 4. The van der Waals surface area contributed by atoms with Crippen LogP contribution in [0.4, 0.5) is 5.69 Å². The van der Waals surface area contributed by atoms with Gasteiger partial charge in [0.1, 0.15) is 5.69 Å². The van der Waals surface area contributed by atoms with Crippen LogP contribution in [0.5, 0.6) is 0 Å². The molecule has 2 atom stereocenters. The number of ether oxygens (including phenoxy) is 1. The highest BCUT2D eigenvalue weighted by molar-refractivity contribution is 9.10. The first-order chi connectivity index (χ1) is 10.1. The van der Waals surface area contributed by atoms with Crippen molar-refractivity contribution in [3.8, 4) is 0 Å². The Labute approximate surface area is 133 Å². The smallest absolute Gasteiger partial charge is 0.291 e. The zero-order valence-electron chi connectivity index (χ0n) is 12.3. The van der Waals surface area contributed by atoms with Crippen molar-refractivity contribution < 1.29 is 4.74 Å². The Bertz CT molecular complexity index is 556. The summed E-state index contributed by atoms with van der Waals surface area (Å²) in [7, 11) is 0. The van der Waals surface area contributed by atoms with Crippen molar-refractivity contribution in [2.45, 2.75) is 45.3 Å². The molecular formula is C15H22BrN3O2. The Kier molecular flexibility index (Phi) is 4.64. The number of anilines is 1. The number of rotatable bonds is 5. The van der Waals surface area contributed by atoms with Crippen molar-refractivity contribution in [1.82, 2.24) is 9.78 Å². The Morgan fingerprint density at radius 3 is 2.90 bits per heavy atom. The molecule has 1 N–H and O–H groups in total. The van der Waals surface area contributed by atoms with Gasteiger partial charge in [-0.25, -0.2) is 4.68 Å². The summed E-state index contributed by atoms with van der Waals surface area (Å²) in [5.41, 5.74) is 0.603. The Morgan fingerprint density at radius 1 is 1.48 bits per heavy atom. The Balaban J connectivity index is 1.70. The predicted octanol–water partition coefficient (Wildman–Crippen LogP) is 2.64. The minimum absolute atomic E-state index is 0.0251. The molecule has 1 saturated heterocycles. The van der Waals surface area contributed by atoms with E-state index in [0.717, 1.165) is 30.6 Å². The molecule has 2 fully saturated rings. The number of aromatic nitrogens is 2. The monoisotopic (exact) mass is 355 g/mol. The molecular weight excluding hydrogens is 334 g/mol. The number of nitrogens with one attached hydrogen (secondary N) is 1. The third kappa shape index (κ3) is 3.31. The molecule has 2 heterocycles. The van der Waals surface area contributed by atoms with E-state index in [-0.39, 0.29) is 11.7 Å². The fraction of sp³-hybridized carbons (Fsp3) is 0.733. The Hall–Kier alpha value is -0.880. The van der Waals surface area contributed by atoms with Gasteiger partial charge in [0.05, 0.1) is 16.8 Å². The second-order valence-corrected chi connectivity index (χ2v) is 7.01. The molecule has 1 aliphatic heterocycles. The van der Waals surface area contributed by atoms with Gasteiger partial charge in [0, 0.05) is 25.6 Å². The minimum atomic E-state index is -0.0251. The third-order valence-corrected chi connectivity index (χ3v) is 5.33. The van der Waals surface area contributed by atoms with Gasteiger partial charge in [-0.15, -0.1) is 0 Å². The number of hydrogen-bond donors (Lipinski definition) is 1. The molecule has 1 saturated carbocycles. The van der Waals surface area contributed by atoms with E-state index < -0.39 is 0 Å². The summed E-state index contributed by atoms with van der Waals surface area (Å²) in [4.78, 5) is 12.5. The van der Waals surface area contributed by atoms with Gasteiger partial charge >= 0.3 is 0 Å². The topological polar surface area (TPSA) is 56.1 Å². The molecule has 2 aliphatic rings. The van der Waals surface area contributed by atoms with Crippen LogP contribution in [0.15, 0.2) is 15.5 Å². The first-order valence-corrected chi connectivity index (χ1v) is 8.55. The molecule has 0 bridgehead atoms. The highest BCUT2D eigenvalue weighted by Crippen LogP contribution is 2.27. The van der Waals surface area contributed by atoms with Gasteiger partial charge in [0.15, 0.2) is 0 Å². The first kappa shape index (κ1) is 15.0. The summed E-state index contributed by atoms with van der Waals surface area (Å²) in [5.74, 6) is 1.08. The van der Waals surface area contributed by atoms with Crippen LogP contribution in [0.1, 0.15) is 32.6 Å². The van der Waals surface area contributed by atoms with E-state index in [1.165, 1.54) is 19.3 Å². The van der Waals surface area contributed by atoms with E-state index in [9.17, 15) is 4.79 Å². The molecule has 116 valence electrons. The zero-order chi connectivity index (χ0) is 14.8. The SMILES string of the molecule is CC1OCCC1CNc1c(Br)cnn(CC2CCC2)c1=O. The lowest BCUT2D eigenvalue weighted by molar-refractivity contribution is 0.108. The maximum absolute atomic E-state index is 12.5. The molecule has 0 aromatic carbocycles. The molecule has 1 aromatic rings. The average molecular weight is 356 g/mol. The molecule has 1 aromatic heterocycles. The van der Waals surface area contributed by atoms with E-state index in [1.807, 2.05) is 0 Å².